The number of nitrogens with one attached hydrogen (secondary N) is 1. The number of nitriles is 1. The SMILES string of the molecule is Cc1ccc(C)n1NC(=O)/C(C#N)=C\c1ccc(-c2cccc(Cl)c2)o1. The molecule has 3 aromatic rings. The highest BCUT2D eigenvalue weighted by atomic mass is 35.5. The van der Waals surface area contributed by atoms with Crippen LogP contribution in [0.15, 0.2) is 58.5 Å². The van der Waals surface area contributed by atoms with Crippen LogP contribution in [0.2, 0.25) is 5.02 Å². The van der Waals surface area contributed by atoms with E-state index in [4.69, 9.17) is 16.0 Å². The zero-order valence-electron chi connectivity index (χ0n) is 14.3. The molecule has 130 valence electrons. The lowest BCUT2D eigenvalue weighted by atomic mass is 10.2. The van der Waals surface area contributed by atoms with Gasteiger partial charge in [0, 0.05) is 28.0 Å². The largest absolute Gasteiger partial charge is 0.457 e. The Morgan fingerprint density at radius 1 is 1.19 bits per heavy atom. The molecule has 3 rings (SSSR count). The molecule has 0 saturated heterocycles. The van der Waals surface area contributed by atoms with Crippen molar-refractivity contribution in [3.05, 3.63) is 76.3 Å². The predicted molar refractivity (Wildman–Crippen MR) is 101 cm³/mol. The standard InChI is InChI=1S/C20H16ClN3O2/c1-13-6-7-14(2)24(13)23-20(25)16(12-22)11-18-8-9-19(26-18)15-4-3-5-17(21)10-15/h3-11H,1-2H3,(H,23,25)/b16-11-. The van der Waals surface area contributed by atoms with Crippen molar-refractivity contribution >= 4 is 23.6 Å². The maximum absolute atomic E-state index is 12.4. The Kier molecular flexibility index (Phi) is 4.97. The van der Waals surface area contributed by atoms with Gasteiger partial charge >= 0.3 is 0 Å². The Labute approximate surface area is 156 Å². The monoisotopic (exact) mass is 365 g/mol. The number of carbonyl (C=O) groups excluding carboxylic acids is 1. The second-order valence-electron chi connectivity index (χ2n) is 5.77. The van der Waals surface area contributed by atoms with E-state index < -0.39 is 5.91 Å². The molecule has 0 atom stereocenters. The molecule has 0 radical (unpaired) electrons. The number of hydrogen-bond acceptors (Lipinski definition) is 3. The van der Waals surface area contributed by atoms with Gasteiger partial charge in [-0.25, -0.2) is 0 Å². The van der Waals surface area contributed by atoms with Gasteiger partial charge < -0.3 is 4.42 Å². The van der Waals surface area contributed by atoms with E-state index in [0.717, 1.165) is 17.0 Å². The molecule has 1 amide bonds. The molecule has 0 aliphatic carbocycles. The normalized spacial score (nSPS) is 11.2. The topological polar surface area (TPSA) is 71.0 Å². The summed E-state index contributed by atoms with van der Waals surface area (Å²) in [5.74, 6) is 0.511. The highest BCUT2D eigenvalue weighted by molar-refractivity contribution is 6.30. The lowest BCUT2D eigenvalue weighted by Gasteiger charge is -2.10. The summed E-state index contributed by atoms with van der Waals surface area (Å²) in [6, 6.07) is 16.4. The minimum Gasteiger partial charge on any atom is -0.457 e. The Morgan fingerprint density at radius 2 is 1.92 bits per heavy atom. The highest BCUT2D eigenvalue weighted by Crippen LogP contribution is 2.25. The average Bonchev–Trinajstić information content (AvgIpc) is 3.21. The summed E-state index contributed by atoms with van der Waals surface area (Å²) in [7, 11) is 0. The minimum atomic E-state index is -0.504. The van der Waals surface area contributed by atoms with E-state index in [1.54, 1.807) is 28.9 Å². The molecule has 5 nitrogen and oxygen atoms in total. The van der Waals surface area contributed by atoms with Gasteiger partial charge in [0.25, 0.3) is 5.91 Å². The van der Waals surface area contributed by atoms with Crippen molar-refractivity contribution in [2.45, 2.75) is 13.8 Å². The van der Waals surface area contributed by atoms with E-state index in [0.29, 0.717) is 16.5 Å². The lowest BCUT2D eigenvalue weighted by Crippen LogP contribution is -2.25. The molecular formula is C20H16ClN3O2. The van der Waals surface area contributed by atoms with E-state index in [2.05, 4.69) is 5.43 Å². The van der Waals surface area contributed by atoms with Gasteiger partial charge in [-0.2, -0.15) is 5.26 Å². The molecule has 26 heavy (non-hydrogen) atoms. The second-order valence-corrected chi connectivity index (χ2v) is 6.21. The molecule has 0 saturated carbocycles. The number of rotatable bonds is 4. The van der Waals surface area contributed by atoms with Crippen molar-refractivity contribution in [1.29, 1.82) is 5.26 Å². The van der Waals surface area contributed by atoms with Crippen molar-refractivity contribution in [2.75, 3.05) is 5.43 Å². The Balaban J connectivity index is 1.83. The molecule has 6 heteroatoms. The first-order chi connectivity index (χ1) is 12.5. The van der Waals surface area contributed by atoms with Crippen molar-refractivity contribution < 1.29 is 9.21 Å². The minimum absolute atomic E-state index is 0.0514. The first kappa shape index (κ1) is 17.6. The summed E-state index contributed by atoms with van der Waals surface area (Å²) in [6.07, 6.45) is 1.41. The van der Waals surface area contributed by atoms with Crippen LogP contribution in [0.1, 0.15) is 17.1 Å². The molecule has 0 bridgehead atoms. The number of amides is 1. The van der Waals surface area contributed by atoms with Gasteiger partial charge in [-0.05, 0) is 50.2 Å². The van der Waals surface area contributed by atoms with Crippen LogP contribution in [-0.4, -0.2) is 10.6 Å². The molecule has 1 N–H and O–H groups in total. The number of halogens is 1. The fraction of sp³-hybridized carbons (Fsp3) is 0.100. The van der Waals surface area contributed by atoms with Gasteiger partial charge in [0.2, 0.25) is 0 Å². The maximum Gasteiger partial charge on any atom is 0.280 e. The molecular weight excluding hydrogens is 350 g/mol. The van der Waals surface area contributed by atoms with Crippen molar-refractivity contribution in [3.63, 3.8) is 0 Å². The third-order valence-electron chi connectivity index (χ3n) is 3.87. The first-order valence-corrected chi connectivity index (χ1v) is 8.29. The van der Waals surface area contributed by atoms with Crippen LogP contribution in [0.4, 0.5) is 0 Å². The fourth-order valence-electron chi connectivity index (χ4n) is 2.52. The quantitative estimate of drug-likeness (QED) is 0.538. The number of benzene rings is 1. The van der Waals surface area contributed by atoms with Gasteiger partial charge in [-0.15, -0.1) is 0 Å². The van der Waals surface area contributed by atoms with E-state index in [9.17, 15) is 10.1 Å². The van der Waals surface area contributed by atoms with Crippen LogP contribution >= 0.6 is 11.6 Å². The van der Waals surface area contributed by atoms with Gasteiger partial charge in [0.15, 0.2) is 0 Å². The number of carbonyl (C=O) groups is 1. The lowest BCUT2D eigenvalue weighted by molar-refractivity contribution is -0.113. The third kappa shape index (κ3) is 3.71. The van der Waals surface area contributed by atoms with Gasteiger partial charge in [-0.3, -0.25) is 14.9 Å². The molecule has 0 fully saturated rings. The van der Waals surface area contributed by atoms with Crippen LogP contribution in [0.25, 0.3) is 17.4 Å². The number of nitrogens with zero attached hydrogens (tertiary/aromatic N) is 2. The fourth-order valence-corrected chi connectivity index (χ4v) is 2.72. The van der Waals surface area contributed by atoms with Gasteiger partial charge in [-0.1, -0.05) is 23.7 Å². The number of furan rings is 1. The Hall–Kier alpha value is -3.23. The summed E-state index contributed by atoms with van der Waals surface area (Å²) < 4.78 is 7.35. The Bertz CT molecular complexity index is 1020. The first-order valence-electron chi connectivity index (χ1n) is 7.92. The van der Waals surface area contributed by atoms with E-state index >= 15 is 0 Å². The molecule has 2 aromatic heterocycles. The van der Waals surface area contributed by atoms with Crippen molar-refractivity contribution in [2.24, 2.45) is 0 Å². The Morgan fingerprint density at radius 3 is 2.58 bits per heavy atom. The van der Waals surface area contributed by atoms with Gasteiger partial charge in [0.05, 0.1) is 0 Å². The van der Waals surface area contributed by atoms with Crippen LogP contribution in [-0.2, 0) is 4.79 Å². The van der Waals surface area contributed by atoms with Gasteiger partial charge in [0.1, 0.15) is 23.2 Å². The summed E-state index contributed by atoms with van der Waals surface area (Å²) in [4.78, 5) is 12.4. The molecule has 0 unspecified atom stereocenters. The van der Waals surface area contributed by atoms with Crippen molar-refractivity contribution in [1.82, 2.24) is 4.68 Å². The zero-order valence-corrected chi connectivity index (χ0v) is 15.0. The summed E-state index contributed by atoms with van der Waals surface area (Å²) in [6.45, 7) is 3.74. The maximum atomic E-state index is 12.4. The number of aromatic nitrogens is 1. The number of hydrogen-bond donors (Lipinski definition) is 1. The molecule has 2 heterocycles. The number of aryl methyl sites for hydroxylation is 2. The van der Waals surface area contributed by atoms with Crippen LogP contribution in [0.5, 0.6) is 0 Å². The van der Waals surface area contributed by atoms with E-state index in [1.807, 2.05) is 44.2 Å². The highest BCUT2D eigenvalue weighted by Gasteiger charge is 2.13. The molecule has 0 aliphatic rings. The van der Waals surface area contributed by atoms with E-state index in [1.165, 1.54) is 6.08 Å². The van der Waals surface area contributed by atoms with E-state index in [-0.39, 0.29) is 5.57 Å². The van der Waals surface area contributed by atoms with Crippen LogP contribution in [0.3, 0.4) is 0 Å². The second kappa shape index (κ2) is 7.34. The summed E-state index contributed by atoms with van der Waals surface area (Å²) in [5.41, 5.74) is 5.21. The third-order valence-corrected chi connectivity index (χ3v) is 4.11. The van der Waals surface area contributed by atoms with Crippen LogP contribution < -0.4 is 5.43 Å². The molecule has 1 aromatic carbocycles. The molecule has 0 spiro atoms. The van der Waals surface area contributed by atoms with Crippen molar-refractivity contribution in [3.8, 4) is 17.4 Å². The predicted octanol–water partition coefficient (Wildman–Crippen LogP) is 4.70. The smallest absolute Gasteiger partial charge is 0.280 e. The summed E-state index contributed by atoms with van der Waals surface area (Å²) >= 11 is 5.99. The summed E-state index contributed by atoms with van der Waals surface area (Å²) in [5, 5.41) is 9.94. The molecule has 0 aliphatic heterocycles. The zero-order chi connectivity index (χ0) is 18.7. The average molecular weight is 366 g/mol. The van der Waals surface area contributed by atoms with Crippen LogP contribution in [0, 0.1) is 25.2 Å².